The average molecular weight is 298 g/mol. The molecule has 0 aliphatic carbocycles. The van der Waals surface area contributed by atoms with E-state index in [2.05, 4.69) is 15.9 Å². The van der Waals surface area contributed by atoms with Crippen molar-refractivity contribution in [3.63, 3.8) is 0 Å². The van der Waals surface area contributed by atoms with Gasteiger partial charge in [-0.2, -0.15) is 0 Å². The van der Waals surface area contributed by atoms with Gasteiger partial charge >= 0.3 is 0 Å². The summed E-state index contributed by atoms with van der Waals surface area (Å²) in [5.74, 6) is -0.836. The Morgan fingerprint density at radius 3 is 2.53 bits per heavy atom. The average Bonchev–Trinajstić information content (AvgIpc) is 1.99. The molecule has 84 valence electrons. The van der Waals surface area contributed by atoms with Crippen LogP contribution < -0.4 is 5.48 Å². The Morgan fingerprint density at radius 2 is 2.13 bits per heavy atom. The first-order valence-corrected chi connectivity index (χ1v) is 6.59. The SMILES string of the molecule is CS(=O)(=O)c1c(F)cc(CNO)cc1Br. The van der Waals surface area contributed by atoms with E-state index in [1.54, 1.807) is 0 Å². The summed E-state index contributed by atoms with van der Waals surface area (Å²) >= 11 is 2.98. The van der Waals surface area contributed by atoms with Crippen LogP contribution in [0.1, 0.15) is 5.56 Å². The van der Waals surface area contributed by atoms with Gasteiger partial charge in [-0.15, -0.1) is 0 Å². The molecule has 0 saturated heterocycles. The molecule has 0 heterocycles. The lowest BCUT2D eigenvalue weighted by Crippen LogP contribution is -2.08. The molecule has 0 spiro atoms. The summed E-state index contributed by atoms with van der Waals surface area (Å²) in [4.78, 5) is -0.371. The van der Waals surface area contributed by atoms with Gasteiger partial charge in [-0.05, 0) is 33.6 Å². The molecule has 0 radical (unpaired) electrons. The summed E-state index contributed by atoms with van der Waals surface area (Å²) in [6, 6.07) is 2.49. The van der Waals surface area contributed by atoms with Gasteiger partial charge in [-0.1, -0.05) is 0 Å². The van der Waals surface area contributed by atoms with Gasteiger partial charge in [0.05, 0.1) is 0 Å². The zero-order chi connectivity index (χ0) is 11.6. The van der Waals surface area contributed by atoms with Crippen LogP contribution in [0.15, 0.2) is 21.5 Å². The Hall–Kier alpha value is -0.500. The number of rotatable bonds is 3. The van der Waals surface area contributed by atoms with Gasteiger partial charge < -0.3 is 5.21 Å². The van der Waals surface area contributed by atoms with Crippen molar-refractivity contribution >= 4 is 25.8 Å². The first kappa shape index (κ1) is 12.6. The van der Waals surface area contributed by atoms with Crippen molar-refractivity contribution in [2.45, 2.75) is 11.4 Å². The lowest BCUT2D eigenvalue weighted by atomic mass is 10.2. The van der Waals surface area contributed by atoms with Gasteiger partial charge in [0.25, 0.3) is 0 Å². The lowest BCUT2D eigenvalue weighted by Gasteiger charge is -2.06. The Morgan fingerprint density at radius 1 is 1.53 bits per heavy atom. The molecule has 1 aromatic carbocycles. The number of sulfone groups is 1. The standard InChI is InChI=1S/C8H9BrFNO3S/c1-15(13,14)8-6(9)2-5(4-11-12)3-7(8)10/h2-3,11-12H,4H2,1H3. The lowest BCUT2D eigenvalue weighted by molar-refractivity contribution is 0.161. The monoisotopic (exact) mass is 297 g/mol. The van der Waals surface area contributed by atoms with Crippen molar-refractivity contribution in [3.8, 4) is 0 Å². The van der Waals surface area contributed by atoms with E-state index in [1.807, 2.05) is 5.48 Å². The minimum atomic E-state index is -3.60. The van der Waals surface area contributed by atoms with Crippen LogP contribution in [0.5, 0.6) is 0 Å². The summed E-state index contributed by atoms with van der Waals surface area (Å²) in [5, 5.41) is 8.42. The highest BCUT2D eigenvalue weighted by molar-refractivity contribution is 9.10. The zero-order valence-electron chi connectivity index (χ0n) is 7.79. The molecule has 0 aliphatic heterocycles. The molecule has 0 amide bonds. The molecule has 0 unspecified atom stereocenters. The third kappa shape index (κ3) is 2.97. The molecule has 7 heteroatoms. The fourth-order valence-electron chi connectivity index (χ4n) is 1.16. The van der Waals surface area contributed by atoms with Gasteiger partial charge in [0.15, 0.2) is 9.84 Å². The summed E-state index contributed by atoms with van der Waals surface area (Å²) in [6.45, 7) is 0.0412. The third-order valence-electron chi connectivity index (χ3n) is 1.71. The molecule has 0 bridgehead atoms. The van der Waals surface area contributed by atoms with Gasteiger partial charge in [0.2, 0.25) is 0 Å². The minimum absolute atomic E-state index is 0.0412. The van der Waals surface area contributed by atoms with E-state index >= 15 is 0 Å². The van der Waals surface area contributed by atoms with Crippen molar-refractivity contribution in [2.24, 2.45) is 0 Å². The maximum atomic E-state index is 13.4. The fraction of sp³-hybridized carbons (Fsp3) is 0.250. The van der Waals surface area contributed by atoms with Crippen molar-refractivity contribution in [3.05, 3.63) is 28.0 Å². The van der Waals surface area contributed by atoms with Crippen LogP contribution in [0.4, 0.5) is 4.39 Å². The van der Waals surface area contributed by atoms with E-state index in [4.69, 9.17) is 5.21 Å². The molecule has 1 rings (SSSR count). The van der Waals surface area contributed by atoms with Crippen LogP contribution in [0.3, 0.4) is 0 Å². The highest BCUT2D eigenvalue weighted by Crippen LogP contribution is 2.26. The molecule has 4 nitrogen and oxygen atoms in total. The highest BCUT2D eigenvalue weighted by atomic mass is 79.9. The number of hydroxylamine groups is 1. The van der Waals surface area contributed by atoms with E-state index in [1.165, 1.54) is 6.07 Å². The van der Waals surface area contributed by atoms with Crippen LogP contribution in [-0.2, 0) is 16.4 Å². The summed E-state index contributed by atoms with van der Waals surface area (Å²) in [5.41, 5.74) is 2.30. The number of benzene rings is 1. The maximum absolute atomic E-state index is 13.4. The van der Waals surface area contributed by atoms with E-state index in [9.17, 15) is 12.8 Å². The summed E-state index contributed by atoms with van der Waals surface area (Å²) in [6.07, 6.45) is 0.931. The number of halogens is 2. The van der Waals surface area contributed by atoms with Crippen LogP contribution in [0.2, 0.25) is 0 Å². The van der Waals surface area contributed by atoms with Crippen molar-refractivity contribution in [1.29, 1.82) is 0 Å². The minimum Gasteiger partial charge on any atom is -0.316 e. The van der Waals surface area contributed by atoms with E-state index in [0.29, 0.717) is 5.56 Å². The second kappa shape index (κ2) is 4.56. The van der Waals surface area contributed by atoms with Crippen molar-refractivity contribution in [2.75, 3.05) is 6.26 Å². The van der Waals surface area contributed by atoms with E-state index < -0.39 is 15.7 Å². The predicted octanol–water partition coefficient (Wildman–Crippen LogP) is 1.47. The molecule has 2 N–H and O–H groups in total. The Balaban J connectivity index is 3.34. The molecule has 0 saturated carbocycles. The Bertz CT molecular complexity index is 452. The topological polar surface area (TPSA) is 66.4 Å². The highest BCUT2D eigenvalue weighted by Gasteiger charge is 2.18. The fourth-order valence-corrected chi connectivity index (χ4v) is 3.35. The van der Waals surface area contributed by atoms with Crippen LogP contribution >= 0.6 is 15.9 Å². The van der Waals surface area contributed by atoms with Crippen LogP contribution in [0, 0.1) is 5.82 Å². The largest absolute Gasteiger partial charge is 0.316 e. The third-order valence-corrected chi connectivity index (χ3v) is 3.76. The predicted molar refractivity (Wildman–Crippen MR) is 55.8 cm³/mol. The van der Waals surface area contributed by atoms with Crippen molar-refractivity contribution in [1.82, 2.24) is 5.48 Å². The van der Waals surface area contributed by atoms with Crippen LogP contribution in [-0.4, -0.2) is 19.9 Å². The molecule has 15 heavy (non-hydrogen) atoms. The first-order valence-electron chi connectivity index (χ1n) is 3.91. The molecule has 0 aromatic heterocycles. The second-order valence-electron chi connectivity index (χ2n) is 3.00. The first-order chi connectivity index (χ1) is 6.86. The smallest absolute Gasteiger partial charge is 0.179 e. The number of hydrogen-bond acceptors (Lipinski definition) is 4. The van der Waals surface area contributed by atoms with Gasteiger partial charge in [0, 0.05) is 17.3 Å². The zero-order valence-corrected chi connectivity index (χ0v) is 10.2. The van der Waals surface area contributed by atoms with Gasteiger partial charge in [-0.3, -0.25) is 0 Å². The maximum Gasteiger partial charge on any atom is 0.179 e. The van der Waals surface area contributed by atoms with Gasteiger partial charge in [0.1, 0.15) is 10.7 Å². The second-order valence-corrected chi connectivity index (χ2v) is 5.80. The Labute approximate surface area is 95.1 Å². The molecule has 1 aromatic rings. The molecular weight excluding hydrogens is 289 g/mol. The quantitative estimate of drug-likeness (QED) is 0.829. The molecule has 0 fully saturated rings. The Kier molecular flexibility index (Phi) is 3.82. The van der Waals surface area contributed by atoms with E-state index in [-0.39, 0.29) is 15.9 Å². The molecular formula is C8H9BrFNO3S. The van der Waals surface area contributed by atoms with Gasteiger partial charge in [-0.25, -0.2) is 18.3 Å². The molecule has 0 atom stereocenters. The molecule has 0 aliphatic rings. The van der Waals surface area contributed by atoms with E-state index in [0.717, 1.165) is 12.3 Å². The summed E-state index contributed by atoms with van der Waals surface area (Å²) in [7, 11) is -3.60. The number of hydrogen-bond donors (Lipinski definition) is 2. The normalized spacial score (nSPS) is 11.7. The summed E-state index contributed by atoms with van der Waals surface area (Å²) < 4.78 is 36.0. The van der Waals surface area contributed by atoms with Crippen LogP contribution in [0.25, 0.3) is 0 Å². The number of nitrogens with one attached hydrogen (secondary N) is 1. The van der Waals surface area contributed by atoms with Crippen molar-refractivity contribution < 1.29 is 18.0 Å².